The van der Waals surface area contributed by atoms with Crippen molar-refractivity contribution in [3.63, 3.8) is 0 Å². The summed E-state index contributed by atoms with van der Waals surface area (Å²) in [5, 5.41) is 6.68. The van der Waals surface area contributed by atoms with Crippen molar-refractivity contribution in [2.75, 3.05) is 0 Å². The van der Waals surface area contributed by atoms with Crippen molar-refractivity contribution in [1.82, 2.24) is 14.5 Å². The Balaban J connectivity index is 1.28. The zero-order valence-corrected chi connectivity index (χ0v) is 26.4. The van der Waals surface area contributed by atoms with E-state index in [9.17, 15) is 4.11 Å². The number of rotatable bonds is 3. The summed E-state index contributed by atoms with van der Waals surface area (Å²) in [5.41, 5.74) is 5.19. The first-order valence-electron chi connectivity index (χ1n) is 19.4. The Bertz CT molecular complexity index is 3520. The van der Waals surface area contributed by atoms with E-state index in [2.05, 4.69) is 18.2 Å². The standard InChI is InChI=1S/C46H27N3O/c1-2-12-29-25-42-38(24-28(29)11-1)34-15-6-9-19-40(34)49(42)41-26-32(23-30-13-3-4-14-33(30)41)46-47-39-18-8-5-17-37(39)45(48-46)31-21-22-36-35-16-7-10-20-43(35)50-44(36)27-31/h1-27H/i3D,4D,13D,14D,23D,26D. The molecule has 0 unspecified atom stereocenters. The molecule has 0 atom stereocenters. The largest absolute Gasteiger partial charge is 0.456 e. The number of benzene rings is 8. The highest BCUT2D eigenvalue weighted by atomic mass is 16.3. The average Bonchev–Trinajstić information content (AvgIpc) is 3.75. The van der Waals surface area contributed by atoms with Crippen LogP contribution < -0.4 is 0 Å². The molecular weight excluding hydrogens is 611 g/mol. The van der Waals surface area contributed by atoms with E-state index >= 15 is 0 Å². The minimum atomic E-state index is -0.460. The third kappa shape index (κ3) is 3.99. The van der Waals surface area contributed by atoms with Gasteiger partial charge in [-0.2, -0.15) is 0 Å². The monoisotopic (exact) mass is 643 g/mol. The maximum atomic E-state index is 10.1. The zero-order valence-electron chi connectivity index (χ0n) is 32.4. The first-order valence-corrected chi connectivity index (χ1v) is 16.4. The van der Waals surface area contributed by atoms with Gasteiger partial charge in [-0.05, 0) is 70.7 Å². The molecule has 4 nitrogen and oxygen atoms in total. The molecular formula is C46H27N3O. The van der Waals surface area contributed by atoms with Crippen LogP contribution in [-0.2, 0) is 0 Å². The quantitative estimate of drug-likeness (QED) is 0.192. The summed E-state index contributed by atoms with van der Waals surface area (Å²) in [4.78, 5) is 10.1. The topological polar surface area (TPSA) is 43.9 Å². The van der Waals surface area contributed by atoms with Gasteiger partial charge in [0.15, 0.2) is 5.82 Å². The Kier molecular flexibility index (Phi) is 4.55. The van der Waals surface area contributed by atoms with Crippen molar-refractivity contribution in [2.45, 2.75) is 0 Å². The number of para-hydroxylation sites is 3. The molecule has 50 heavy (non-hydrogen) atoms. The molecule has 11 aromatic rings. The molecule has 8 aromatic carbocycles. The Morgan fingerprint density at radius 3 is 2.16 bits per heavy atom. The molecule has 232 valence electrons. The normalized spacial score (nSPS) is 13.7. The minimum absolute atomic E-state index is 0.00859. The lowest BCUT2D eigenvalue weighted by atomic mass is 10.0. The zero-order chi connectivity index (χ0) is 38.0. The van der Waals surface area contributed by atoms with Gasteiger partial charge in [0, 0.05) is 43.4 Å². The molecule has 0 aliphatic heterocycles. The van der Waals surface area contributed by atoms with Gasteiger partial charge in [-0.3, -0.25) is 0 Å². The van der Waals surface area contributed by atoms with E-state index < -0.39 is 12.1 Å². The summed E-state index contributed by atoms with van der Waals surface area (Å²) >= 11 is 0. The van der Waals surface area contributed by atoms with Gasteiger partial charge in [0.25, 0.3) is 0 Å². The Hall–Kier alpha value is -6.78. The van der Waals surface area contributed by atoms with Crippen molar-refractivity contribution < 1.29 is 12.6 Å². The van der Waals surface area contributed by atoms with E-state index in [4.69, 9.17) is 18.5 Å². The molecule has 0 saturated carbocycles. The SMILES string of the molecule is [2H]c1c([2H])c([2H])c2c(-n3c4ccccc4c4cc5ccccc5cc43)c([2H])c(-c3nc(-c4ccc5c(c4)oc4ccccc45)c4ccccc4n3)c([2H])c2c1[2H]. The highest BCUT2D eigenvalue weighted by Crippen LogP contribution is 2.40. The molecule has 0 fully saturated rings. The lowest BCUT2D eigenvalue weighted by Gasteiger charge is -2.15. The summed E-state index contributed by atoms with van der Waals surface area (Å²) in [6.07, 6.45) is 0. The van der Waals surface area contributed by atoms with Crippen LogP contribution in [0.25, 0.3) is 105 Å². The van der Waals surface area contributed by atoms with Crippen LogP contribution in [-0.4, -0.2) is 14.5 Å². The second-order valence-corrected chi connectivity index (χ2v) is 12.5. The molecule has 0 aliphatic carbocycles. The lowest BCUT2D eigenvalue weighted by Crippen LogP contribution is -1.99. The van der Waals surface area contributed by atoms with Crippen molar-refractivity contribution >= 4 is 76.2 Å². The molecule has 0 spiro atoms. The number of aromatic nitrogens is 3. The summed E-state index contributed by atoms with van der Waals surface area (Å²) < 4.78 is 63.7. The van der Waals surface area contributed by atoms with E-state index in [0.29, 0.717) is 16.8 Å². The third-order valence-corrected chi connectivity index (χ3v) is 9.66. The van der Waals surface area contributed by atoms with E-state index in [1.165, 1.54) is 0 Å². The van der Waals surface area contributed by atoms with Gasteiger partial charge >= 0.3 is 0 Å². The van der Waals surface area contributed by atoms with Gasteiger partial charge in [0.1, 0.15) is 11.2 Å². The second kappa shape index (κ2) is 10.4. The Morgan fingerprint density at radius 1 is 0.500 bits per heavy atom. The molecule has 0 aliphatic rings. The van der Waals surface area contributed by atoms with Gasteiger partial charge in [-0.25, -0.2) is 9.97 Å². The lowest BCUT2D eigenvalue weighted by molar-refractivity contribution is 0.669. The van der Waals surface area contributed by atoms with Gasteiger partial charge < -0.3 is 8.98 Å². The molecule has 4 heteroatoms. The number of hydrogen-bond acceptors (Lipinski definition) is 3. The summed E-state index contributed by atoms with van der Waals surface area (Å²) in [5.74, 6) is 0.0974. The number of furan rings is 1. The van der Waals surface area contributed by atoms with Crippen LogP contribution in [0, 0.1) is 0 Å². The van der Waals surface area contributed by atoms with Crippen LogP contribution in [0.3, 0.4) is 0 Å². The van der Waals surface area contributed by atoms with Crippen LogP contribution >= 0.6 is 0 Å². The molecule has 3 aromatic heterocycles. The smallest absolute Gasteiger partial charge is 0.160 e. The van der Waals surface area contributed by atoms with E-state index in [-0.39, 0.29) is 52.0 Å². The van der Waals surface area contributed by atoms with Crippen molar-refractivity contribution in [3.05, 3.63) is 164 Å². The van der Waals surface area contributed by atoms with E-state index in [1.54, 1.807) is 0 Å². The highest BCUT2D eigenvalue weighted by molar-refractivity contribution is 6.15. The fraction of sp³-hybridized carbons (Fsp3) is 0. The molecule has 11 rings (SSSR count). The van der Waals surface area contributed by atoms with Gasteiger partial charge in [0.2, 0.25) is 0 Å². The summed E-state index contributed by atoms with van der Waals surface area (Å²) in [7, 11) is 0. The van der Waals surface area contributed by atoms with Crippen LogP contribution in [0.2, 0.25) is 0 Å². The molecule has 0 N–H and O–H groups in total. The fourth-order valence-corrected chi connectivity index (χ4v) is 7.38. The van der Waals surface area contributed by atoms with Gasteiger partial charge in [-0.1, -0.05) is 109 Å². The van der Waals surface area contributed by atoms with E-state index in [1.807, 2.05) is 114 Å². The highest BCUT2D eigenvalue weighted by Gasteiger charge is 2.19. The van der Waals surface area contributed by atoms with Crippen LogP contribution in [0.15, 0.2) is 168 Å². The van der Waals surface area contributed by atoms with Crippen molar-refractivity contribution in [2.24, 2.45) is 0 Å². The Morgan fingerprint density at radius 2 is 1.24 bits per heavy atom. The van der Waals surface area contributed by atoms with Crippen molar-refractivity contribution in [3.8, 4) is 28.3 Å². The van der Waals surface area contributed by atoms with Crippen LogP contribution in [0.1, 0.15) is 8.22 Å². The number of hydrogen-bond donors (Lipinski definition) is 0. The van der Waals surface area contributed by atoms with Crippen LogP contribution in [0.5, 0.6) is 0 Å². The molecule has 0 amide bonds. The Labute approximate surface area is 294 Å². The predicted molar refractivity (Wildman–Crippen MR) is 207 cm³/mol. The first kappa shape index (κ1) is 22.0. The van der Waals surface area contributed by atoms with Gasteiger partial charge in [-0.15, -0.1) is 0 Å². The first-order chi connectivity index (χ1) is 27.3. The third-order valence-electron chi connectivity index (χ3n) is 9.66. The minimum Gasteiger partial charge on any atom is -0.456 e. The average molecular weight is 644 g/mol. The van der Waals surface area contributed by atoms with Gasteiger partial charge in [0.05, 0.1) is 36.2 Å². The molecule has 0 radical (unpaired) electrons. The molecule has 0 saturated heterocycles. The van der Waals surface area contributed by atoms with Crippen molar-refractivity contribution in [1.29, 1.82) is 0 Å². The predicted octanol–water partition coefficient (Wildman–Crippen LogP) is 12.3. The molecule has 3 heterocycles. The fourth-order valence-electron chi connectivity index (χ4n) is 7.38. The summed E-state index contributed by atoms with van der Waals surface area (Å²) in [6, 6.07) is 39.5. The number of nitrogens with zero attached hydrogens (tertiary/aromatic N) is 3. The number of fused-ring (bicyclic) bond motifs is 9. The maximum Gasteiger partial charge on any atom is 0.160 e. The molecule has 0 bridgehead atoms. The van der Waals surface area contributed by atoms with Crippen LogP contribution in [0.4, 0.5) is 0 Å². The maximum absolute atomic E-state index is 10.1. The van der Waals surface area contributed by atoms with E-state index in [0.717, 1.165) is 59.9 Å². The second-order valence-electron chi connectivity index (χ2n) is 12.5. The summed E-state index contributed by atoms with van der Waals surface area (Å²) in [6.45, 7) is 0.